The van der Waals surface area contributed by atoms with Crippen molar-refractivity contribution in [3.8, 4) is 0 Å². The molecule has 0 radical (unpaired) electrons. The number of piperidine rings is 1. The smallest absolute Gasteiger partial charge is 0.285 e. The van der Waals surface area contributed by atoms with Crippen LogP contribution in [0, 0.1) is 0 Å². The van der Waals surface area contributed by atoms with Crippen LogP contribution in [0.3, 0.4) is 0 Å². The lowest BCUT2D eigenvalue weighted by molar-refractivity contribution is -0.123. The van der Waals surface area contributed by atoms with Crippen molar-refractivity contribution < 1.29 is 18.3 Å². The maximum absolute atomic E-state index is 14.9. The van der Waals surface area contributed by atoms with Crippen LogP contribution in [0.2, 0.25) is 0 Å². The quantitative estimate of drug-likeness (QED) is 0.298. The molecule has 4 heterocycles. The van der Waals surface area contributed by atoms with Crippen molar-refractivity contribution in [2.24, 2.45) is 0 Å². The number of likely N-dealkylation sites (N-methyl/N-ethyl adjacent to an activating group) is 1. The Labute approximate surface area is 250 Å². The minimum absolute atomic E-state index is 0.00246. The summed E-state index contributed by atoms with van der Waals surface area (Å²) in [5, 5.41) is 12.4. The summed E-state index contributed by atoms with van der Waals surface area (Å²) >= 11 is 0. The molecule has 0 aliphatic carbocycles. The second kappa shape index (κ2) is 12.7. The van der Waals surface area contributed by atoms with Crippen molar-refractivity contribution >= 4 is 29.0 Å². The first kappa shape index (κ1) is 29.1. The Bertz CT molecular complexity index is 1370. The molecule has 3 aromatic rings. The van der Waals surface area contributed by atoms with Gasteiger partial charge in [0.15, 0.2) is 0 Å². The molecular formula is C31H38F2N8O2. The first-order valence-electron chi connectivity index (χ1n) is 14.9. The van der Waals surface area contributed by atoms with Gasteiger partial charge in [-0.05, 0) is 44.0 Å². The van der Waals surface area contributed by atoms with Crippen LogP contribution in [0.4, 0.5) is 31.9 Å². The van der Waals surface area contributed by atoms with E-state index in [-0.39, 0.29) is 23.7 Å². The molecule has 2 fully saturated rings. The number of amides is 1. The lowest BCUT2D eigenvalue weighted by atomic mass is 10.0. The number of nitrogens with one attached hydrogen (secondary N) is 4. The Morgan fingerprint density at radius 1 is 0.977 bits per heavy atom. The molecule has 1 amide bonds. The monoisotopic (exact) mass is 592 g/mol. The Kier molecular flexibility index (Phi) is 8.57. The van der Waals surface area contributed by atoms with Gasteiger partial charge in [0.1, 0.15) is 5.82 Å². The van der Waals surface area contributed by atoms with Crippen molar-refractivity contribution in [2.75, 3.05) is 66.9 Å². The topological polar surface area (TPSA) is 107 Å². The predicted octanol–water partition coefficient (Wildman–Crippen LogP) is 3.18. The molecule has 1 aromatic heterocycles. The summed E-state index contributed by atoms with van der Waals surface area (Å²) in [6.45, 7) is 3.48. The number of para-hydroxylation sites is 2. The van der Waals surface area contributed by atoms with Crippen LogP contribution in [0.15, 0.2) is 60.7 Å². The molecule has 0 spiro atoms. The van der Waals surface area contributed by atoms with Crippen molar-refractivity contribution in [1.82, 2.24) is 20.6 Å². The summed E-state index contributed by atoms with van der Waals surface area (Å²) < 4.78 is 35.4. The zero-order valence-electron chi connectivity index (χ0n) is 24.2. The largest absolute Gasteiger partial charge is 0.378 e. The molecule has 10 nitrogen and oxygen atoms in total. The number of fused-ring (bicyclic) bond motifs is 1. The van der Waals surface area contributed by atoms with Crippen LogP contribution >= 0.6 is 0 Å². The average molecular weight is 593 g/mol. The maximum Gasteiger partial charge on any atom is 0.285 e. The van der Waals surface area contributed by atoms with Crippen molar-refractivity contribution in [2.45, 2.75) is 43.4 Å². The number of hydrogen-bond acceptors (Lipinski definition) is 9. The van der Waals surface area contributed by atoms with E-state index in [0.29, 0.717) is 81.8 Å². The molecule has 0 unspecified atom stereocenters. The first-order chi connectivity index (χ1) is 20.9. The first-order valence-corrected chi connectivity index (χ1v) is 14.9. The molecule has 2 saturated heterocycles. The van der Waals surface area contributed by atoms with E-state index in [0.717, 1.165) is 5.56 Å². The number of ether oxygens (including phenoxy) is 1. The number of morpholine rings is 1. The van der Waals surface area contributed by atoms with Crippen LogP contribution in [0.1, 0.15) is 24.1 Å². The molecule has 0 bridgehead atoms. The number of aromatic nitrogens is 2. The summed E-state index contributed by atoms with van der Waals surface area (Å²) in [5.74, 6) is 0.964. The number of carbonyl (C=O) groups excluding carboxylic acids is 1. The van der Waals surface area contributed by atoms with Gasteiger partial charge >= 0.3 is 0 Å². The normalized spacial score (nSPS) is 19.0. The highest BCUT2D eigenvalue weighted by Gasteiger charge is 2.48. The third kappa shape index (κ3) is 6.21. The van der Waals surface area contributed by atoms with Gasteiger partial charge in [0.05, 0.1) is 36.3 Å². The zero-order chi connectivity index (χ0) is 29.8. The van der Waals surface area contributed by atoms with Crippen molar-refractivity contribution in [1.29, 1.82) is 0 Å². The molecular weight excluding hydrogens is 554 g/mol. The van der Waals surface area contributed by atoms with E-state index < -0.39 is 12.1 Å². The van der Waals surface area contributed by atoms with Crippen LogP contribution in [0.25, 0.3) is 0 Å². The fourth-order valence-electron chi connectivity index (χ4n) is 5.93. The summed E-state index contributed by atoms with van der Waals surface area (Å²) in [6, 6.07) is 18.4. The molecule has 4 N–H and O–H groups in total. The Hall–Kier alpha value is -4.03. The molecule has 6 rings (SSSR count). The Morgan fingerprint density at radius 2 is 1.63 bits per heavy atom. The predicted molar refractivity (Wildman–Crippen MR) is 163 cm³/mol. The van der Waals surface area contributed by atoms with E-state index >= 15 is 0 Å². The van der Waals surface area contributed by atoms with Crippen LogP contribution in [0.5, 0.6) is 0 Å². The highest BCUT2D eigenvalue weighted by atomic mass is 19.3. The molecule has 43 heavy (non-hydrogen) atoms. The standard InChI is InChI=1S/C31H38F2N8O2/c1-34-25(19-21-7-3-2-4-8-21)28(42)35-22-11-13-41(14-12-22)30-36-26(20-27(37-30)40-15-17-43-18-16-40)31(29(32)33)38-23-9-5-6-10-24(23)39-31/h2-10,20,22,25,29,34,38-39H,11-19H2,1H3,(H,35,42)/t25-/m1/s1. The molecule has 0 saturated carbocycles. The van der Waals surface area contributed by atoms with Crippen molar-refractivity contribution in [3.05, 3.63) is 71.9 Å². The summed E-state index contributed by atoms with van der Waals surface area (Å²) in [7, 11) is 1.80. The molecule has 228 valence electrons. The Morgan fingerprint density at radius 3 is 2.26 bits per heavy atom. The number of halogens is 2. The molecule has 3 aliphatic heterocycles. The number of anilines is 4. The highest BCUT2D eigenvalue weighted by molar-refractivity contribution is 5.82. The lowest BCUT2D eigenvalue weighted by Crippen LogP contribution is -2.51. The number of nitrogens with zero attached hydrogens (tertiary/aromatic N) is 4. The van der Waals surface area contributed by atoms with Gasteiger partial charge in [-0.25, -0.2) is 13.8 Å². The summed E-state index contributed by atoms with van der Waals surface area (Å²) in [6.07, 6.45) is -0.812. The van der Waals surface area contributed by atoms with Gasteiger partial charge in [0, 0.05) is 38.3 Å². The number of hydrogen-bond donors (Lipinski definition) is 4. The maximum atomic E-state index is 14.9. The number of carbonyl (C=O) groups is 1. The van der Waals surface area contributed by atoms with E-state index in [4.69, 9.17) is 14.7 Å². The van der Waals surface area contributed by atoms with Gasteiger partial charge in [-0.15, -0.1) is 0 Å². The Balaban J connectivity index is 1.19. The third-order valence-electron chi connectivity index (χ3n) is 8.43. The van der Waals surface area contributed by atoms with Gasteiger partial charge < -0.3 is 35.8 Å². The zero-order valence-corrected chi connectivity index (χ0v) is 24.2. The van der Waals surface area contributed by atoms with E-state index in [1.54, 1.807) is 25.2 Å². The molecule has 12 heteroatoms. The summed E-state index contributed by atoms with van der Waals surface area (Å²) in [5.41, 5.74) is 0.573. The number of alkyl halides is 2. The summed E-state index contributed by atoms with van der Waals surface area (Å²) in [4.78, 5) is 26.8. The highest BCUT2D eigenvalue weighted by Crippen LogP contribution is 2.43. The van der Waals surface area contributed by atoms with Gasteiger partial charge in [-0.2, -0.15) is 4.98 Å². The molecule has 2 aromatic carbocycles. The van der Waals surface area contributed by atoms with Gasteiger partial charge in [-0.1, -0.05) is 42.5 Å². The molecule has 1 atom stereocenters. The minimum Gasteiger partial charge on any atom is -0.378 e. The van der Waals surface area contributed by atoms with Crippen LogP contribution < -0.4 is 31.1 Å². The van der Waals surface area contributed by atoms with E-state index in [1.807, 2.05) is 47.4 Å². The van der Waals surface area contributed by atoms with Crippen LogP contribution in [-0.2, 0) is 21.6 Å². The van der Waals surface area contributed by atoms with Crippen molar-refractivity contribution in [3.63, 3.8) is 0 Å². The minimum atomic E-state index is -2.79. The second-order valence-corrected chi connectivity index (χ2v) is 11.2. The lowest BCUT2D eigenvalue weighted by Gasteiger charge is -2.36. The van der Waals surface area contributed by atoms with Crippen LogP contribution in [-0.4, -0.2) is 80.8 Å². The number of benzene rings is 2. The fraction of sp³-hybridized carbons (Fsp3) is 0.452. The van der Waals surface area contributed by atoms with Gasteiger partial charge in [0.25, 0.3) is 6.43 Å². The SMILES string of the molecule is CN[C@H](Cc1ccccc1)C(=O)NC1CCN(c2nc(N3CCOCC3)cc(C3(C(F)F)Nc4ccccc4N3)n2)CC1. The van der Waals surface area contributed by atoms with E-state index in [2.05, 4.69) is 26.2 Å². The average Bonchev–Trinajstić information content (AvgIpc) is 3.46. The number of rotatable bonds is 9. The molecule has 3 aliphatic rings. The third-order valence-corrected chi connectivity index (χ3v) is 8.43. The van der Waals surface area contributed by atoms with Gasteiger partial charge in [0.2, 0.25) is 17.5 Å². The second-order valence-electron chi connectivity index (χ2n) is 11.2. The van der Waals surface area contributed by atoms with Gasteiger partial charge in [-0.3, -0.25) is 4.79 Å². The fourth-order valence-corrected chi connectivity index (χ4v) is 5.93. The van der Waals surface area contributed by atoms with E-state index in [1.165, 1.54) is 0 Å². The van der Waals surface area contributed by atoms with E-state index in [9.17, 15) is 13.6 Å².